The van der Waals surface area contributed by atoms with Crippen LogP contribution in [0.15, 0.2) is 0 Å². The second-order valence-corrected chi connectivity index (χ2v) is 8.50. The van der Waals surface area contributed by atoms with Gasteiger partial charge in [0.15, 0.2) is 0 Å². The third kappa shape index (κ3) is 7.58. The lowest BCUT2D eigenvalue weighted by atomic mass is 9.97. The van der Waals surface area contributed by atoms with Crippen molar-refractivity contribution in [1.29, 1.82) is 0 Å². The molecule has 0 aromatic heterocycles. The Morgan fingerprint density at radius 1 is 1.19 bits per heavy atom. The highest BCUT2D eigenvalue weighted by Crippen LogP contribution is 2.18. The van der Waals surface area contributed by atoms with Crippen molar-refractivity contribution in [2.24, 2.45) is 5.92 Å². The zero-order valence-electron chi connectivity index (χ0n) is 14.0. The van der Waals surface area contributed by atoms with Crippen LogP contribution in [0.1, 0.15) is 39.0 Å². The van der Waals surface area contributed by atoms with E-state index in [2.05, 4.69) is 24.2 Å². The Balaban J connectivity index is 2.22. The van der Waals surface area contributed by atoms with Crippen LogP contribution in [0.5, 0.6) is 0 Å². The monoisotopic (exact) mass is 319 g/mol. The number of likely N-dealkylation sites (tertiary alicyclic amines) is 1. The summed E-state index contributed by atoms with van der Waals surface area (Å²) in [5.41, 5.74) is 0. The molecule has 1 N–H and O–H groups in total. The molecule has 0 radical (unpaired) electrons. The van der Waals surface area contributed by atoms with E-state index in [-0.39, 0.29) is 5.75 Å². The van der Waals surface area contributed by atoms with Gasteiger partial charge in [0.2, 0.25) is 10.0 Å². The quantitative estimate of drug-likeness (QED) is 0.618. The van der Waals surface area contributed by atoms with E-state index in [4.69, 9.17) is 0 Å². The second kappa shape index (κ2) is 9.77. The molecule has 126 valence electrons. The summed E-state index contributed by atoms with van der Waals surface area (Å²) in [5, 5.41) is 3.31. The molecule has 1 aliphatic rings. The van der Waals surface area contributed by atoms with Gasteiger partial charge in [0.25, 0.3) is 0 Å². The molecule has 0 saturated carbocycles. The number of piperidine rings is 1. The predicted molar refractivity (Wildman–Crippen MR) is 89.0 cm³/mol. The number of nitrogens with one attached hydrogen (secondary N) is 1. The summed E-state index contributed by atoms with van der Waals surface area (Å²) in [6, 6.07) is 0. The molecule has 1 saturated heterocycles. The number of sulfonamides is 1. The topological polar surface area (TPSA) is 52.7 Å². The Hall–Kier alpha value is -0.170. The van der Waals surface area contributed by atoms with Gasteiger partial charge < -0.3 is 10.2 Å². The van der Waals surface area contributed by atoms with E-state index in [9.17, 15) is 8.42 Å². The van der Waals surface area contributed by atoms with E-state index in [0.29, 0.717) is 12.5 Å². The second-order valence-electron chi connectivity index (χ2n) is 6.30. The Morgan fingerprint density at radius 3 is 2.48 bits per heavy atom. The molecule has 1 fully saturated rings. The highest BCUT2D eigenvalue weighted by molar-refractivity contribution is 7.89. The van der Waals surface area contributed by atoms with Crippen LogP contribution in [0.25, 0.3) is 0 Å². The van der Waals surface area contributed by atoms with Crippen LogP contribution in [-0.2, 0) is 10.0 Å². The third-order valence-corrected chi connectivity index (χ3v) is 6.16. The first-order chi connectivity index (χ1) is 9.95. The van der Waals surface area contributed by atoms with E-state index in [1.165, 1.54) is 0 Å². The Bertz CT molecular complexity index is 365. The molecule has 0 unspecified atom stereocenters. The lowest BCUT2D eigenvalue weighted by Crippen LogP contribution is -2.38. The molecule has 1 aliphatic heterocycles. The highest BCUT2D eigenvalue weighted by Gasteiger charge is 2.23. The molecule has 0 aromatic carbocycles. The lowest BCUT2D eigenvalue weighted by molar-refractivity contribution is 0.202. The van der Waals surface area contributed by atoms with Crippen molar-refractivity contribution in [2.45, 2.75) is 39.0 Å². The Labute approximate surface area is 131 Å². The van der Waals surface area contributed by atoms with Gasteiger partial charge in [0, 0.05) is 13.6 Å². The first-order valence-electron chi connectivity index (χ1n) is 8.29. The number of unbranched alkanes of at least 4 members (excludes halogenated alkanes) is 1. The first-order valence-corrected chi connectivity index (χ1v) is 9.90. The Morgan fingerprint density at radius 2 is 1.86 bits per heavy atom. The van der Waals surface area contributed by atoms with Gasteiger partial charge in [0.1, 0.15) is 0 Å². The van der Waals surface area contributed by atoms with Gasteiger partial charge in [0.05, 0.1) is 5.75 Å². The fraction of sp³-hybridized carbons (Fsp3) is 1.00. The van der Waals surface area contributed by atoms with E-state index in [1.807, 2.05) is 0 Å². The van der Waals surface area contributed by atoms with E-state index < -0.39 is 10.0 Å². The summed E-state index contributed by atoms with van der Waals surface area (Å²) in [5.74, 6) is 0.802. The molecule has 0 bridgehead atoms. The molecule has 0 spiro atoms. The van der Waals surface area contributed by atoms with Crippen molar-refractivity contribution in [3.8, 4) is 0 Å². The summed E-state index contributed by atoms with van der Waals surface area (Å²) in [4.78, 5) is 2.31. The van der Waals surface area contributed by atoms with Gasteiger partial charge >= 0.3 is 0 Å². The average molecular weight is 320 g/mol. The van der Waals surface area contributed by atoms with E-state index >= 15 is 0 Å². The number of rotatable bonds is 10. The maximum absolute atomic E-state index is 12.3. The highest BCUT2D eigenvalue weighted by atomic mass is 32.2. The first kappa shape index (κ1) is 18.9. The van der Waals surface area contributed by atoms with Gasteiger partial charge in [-0.2, -0.15) is 0 Å². The van der Waals surface area contributed by atoms with Crippen molar-refractivity contribution < 1.29 is 8.42 Å². The standard InChI is InChI=1S/C15H33N3O2S/c1-4-9-16-10-5-6-13-21(19,20)18(3)14-15-7-11-17(2)12-8-15/h15-16H,4-14H2,1-3H3. The maximum Gasteiger partial charge on any atom is 0.213 e. The molecule has 1 rings (SSSR count). The minimum absolute atomic E-state index is 0.282. The van der Waals surface area contributed by atoms with Crippen LogP contribution >= 0.6 is 0 Å². The van der Waals surface area contributed by atoms with Gasteiger partial charge in [-0.15, -0.1) is 0 Å². The fourth-order valence-corrected chi connectivity index (χ4v) is 4.03. The molecule has 0 atom stereocenters. The molecule has 5 nitrogen and oxygen atoms in total. The molecular formula is C15H33N3O2S. The van der Waals surface area contributed by atoms with Crippen molar-refractivity contribution in [3.63, 3.8) is 0 Å². The Kier molecular flexibility index (Phi) is 8.78. The molecule has 21 heavy (non-hydrogen) atoms. The summed E-state index contributed by atoms with van der Waals surface area (Å²) in [6.45, 7) is 6.92. The average Bonchev–Trinajstić information content (AvgIpc) is 2.45. The van der Waals surface area contributed by atoms with Crippen LogP contribution in [0, 0.1) is 5.92 Å². The van der Waals surface area contributed by atoms with Gasteiger partial charge in [-0.25, -0.2) is 12.7 Å². The largest absolute Gasteiger partial charge is 0.317 e. The molecule has 6 heteroatoms. The van der Waals surface area contributed by atoms with Crippen LogP contribution in [0.3, 0.4) is 0 Å². The molecular weight excluding hydrogens is 286 g/mol. The SMILES string of the molecule is CCCNCCCCS(=O)(=O)N(C)CC1CCN(C)CC1. The maximum atomic E-state index is 12.3. The van der Waals surface area contributed by atoms with Crippen LogP contribution < -0.4 is 5.32 Å². The van der Waals surface area contributed by atoms with Crippen molar-refractivity contribution in [2.75, 3.05) is 52.6 Å². The third-order valence-electron chi connectivity index (χ3n) is 4.26. The summed E-state index contributed by atoms with van der Waals surface area (Å²) >= 11 is 0. The zero-order chi connectivity index (χ0) is 15.7. The number of nitrogens with zero attached hydrogens (tertiary/aromatic N) is 2. The minimum Gasteiger partial charge on any atom is -0.317 e. The number of hydrogen-bond acceptors (Lipinski definition) is 4. The van der Waals surface area contributed by atoms with Crippen molar-refractivity contribution >= 4 is 10.0 Å². The van der Waals surface area contributed by atoms with Crippen molar-refractivity contribution in [1.82, 2.24) is 14.5 Å². The van der Waals surface area contributed by atoms with Crippen molar-refractivity contribution in [3.05, 3.63) is 0 Å². The van der Waals surface area contributed by atoms with E-state index in [0.717, 1.165) is 58.3 Å². The fourth-order valence-electron chi connectivity index (χ4n) is 2.71. The molecule has 0 aromatic rings. The van der Waals surface area contributed by atoms with Gasteiger partial charge in [-0.3, -0.25) is 0 Å². The molecule has 1 heterocycles. The van der Waals surface area contributed by atoms with Gasteiger partial charge in [-0.1, -0.05) is 6.92 Å². The molecule has 0 aliphatic carbocycles. The normalized spacial score (nSPS) is 18.5. The summed E-state index contributed by atoms with van der Waals surface area (Å²) < 4.78 is 26.1. The van der Waals surface area contributed by atoms with E-state index in [1.54, 1.807) is 11.4 Å². The smallest absolute Gasteiger partial charge is 0.213 e. The van der Waals surface area contributed by atoms with Gasteiger partial charge in [-0.05, 0) is 71.2 Å². The minimum atomic E-state index is -3.07. The van der Waals surface area contributed by atoms with Crippen LogP contribution in [0.2, 0.25) is 0 Å². The zero-order valence-corrected chi connectivity index (χ0v) is 14.8. The van der Waals surface area contributed by atoms with Crippen LogP contribution in [-0.4, -0.2) is 70.2 Å². The number of hydrogen-bond donors (Lipinski definition) is 1. The predicted octanol–water partition coefficient (Wildman–Crippen LogP) is 1.37. The summed E-state index contributed by atoms with van der Waals surface area (Å²) in [7, 11) is 0.793. The summed E-state index contributed by atoms with van der Waals surface area (Å²) in [6.07, 6.45) is 5.02. The lowest BCUT2D eigenvalue weighted by Gasteiger charge is -2.31. The van der Waals surface area contributed by atoms with Crippen LogP contribution in [0.4, 0.5) is 0 Å². The molecule has 0 amide bonds.